The summed E-state index contributed by atoms with van der Waals surface area (Å²) in [6, 6.07) is 1.42. The number of hydrogen-bond acceptors (Lipinski definition) is 6. The highest BCUT2D eigenvalue weighted by molar-refractivity contribution is 5.83. The van der Waals surface area contributed by atoms with Crippen molar-refractivity contribution >= 4 is 17.5 Å². The second-order valence-corrected chi connectivity index (χ2v) is 4.01. The molecular formula is C10H16N6O. The Labute approximate surface area is 99.2 Å². The number of nitrogens with zero attached hydrogens (tertiary/aromatic N) is 3. The minimum Gasteiger partial charge on any atom is -0.368 e. The largest absolute Gasteiger partial charge is 0.368 e. The van der Waals surface area contributed by atoms with Crippen molar-refractivity contribution in [2.75, 3.05) is 16.9 Å². The molecule has 1 fully saturated rings. The highest BCUT2D eigenvalue weighted by Crippen LogP contribution is 2.23. The molecule has 1 aliphatic rings. The third kappa shape index (κ3) is 2.44. The van der Waals surface area contributed by atoms with Crippen LogP contribution in [0.2, 0.25) is 0 Å². The van der Waals surface area contributed by atoms with Crippen LogP contribution >= 0.6 is 0 Å². The number of primary amides is 1. The Hall–Kier alpha value is -1.89. The molecule has 0 aliphatic carbocycles. The number of nitrogen functional groups attached to an aromatic ring is 1. The van der Waals surface area contributed by atoms with Crippen LogP contribution in [-0.2, 0) is 4.79 Å². The van der Waals surface area contributed by atoms with Crippen molar-refractivity contribution in [3.8, 4) is 0 Å². The third-order valence-corrected chi connectivity index (χ3v) is 2.93. The van der Waals surface area contributed by atoms with E-state index < -0.39 is 0 Å². The molecule has 0 spiro atoms. The van der Waals surface area contributed by atoms with E-state index in [1.54, 1.807) is 6.07 Å². The van der Waals surface area contributed by atoms with Gasteiger partial charge in [0.15, 0.2) is 0 Å². The standard InChI is InChI=1S/C10H16N6O/c11-10(17)7-3-1-2-4-16(7)9-5-8(15-12)13-6-14-9/h5-7H,1-4,12H2,(H2,11,17)(H,13,14,15). The molecule has 1 unspecified atom stereocenters. The number of anilines is 2. The molecule has 1 saturated heterocycles. The van der Waals surface area contributed by atoms with Crippen molar-refractivity contribution in [2.45, 2.75) is 25.3 Å². The Morgan fingerprint density at radius 3 is 3.00 bits per heavy atom. The maximum Gasteiger partial charge on any atom is 0.240 e. The molecule has 17 heavy (non-hydrogen) atoms. The fourth-order valence-corrected chi connectivity index (χ4v) is 2.08. The molecule has 7 heteroatoms. The Balaban J connectivity index is 2.26. The minimum atomic E-state index is -0.314. The van der Waals surface area contributed by atoms with Gasteiger partial charge in [0.05, 0.1) is 0 Å². The number of carbonyl (C=O) groups excluding carboxylic acids is 1. The molecule has 1 aliphatic heterocycles. The zero-order valence-electron chi connectivity index (χ0n) is 9.47. The number of hydrogen-bond donors (Lipinski definition) is 3. The molecule has 5 N–H and O–H groups in total. The number of rotatable bonds is 3. The van der Waals surface area contributed by atoms with Gasteiger partial charge in [-0.25, -0.2) is 15.8 Å². The summed E-state index contributed by atoms with van der Waals surface area (Å²) in [6.45, 7) is 0.772. The van der Waals surface area contributed by atoms with Crippen LogP contribution in [0.3, 0.4) is 0 Å². The molecule has 1 atom stereocenters. The second-order valence-electron chi connectivity index (χ2n) is 4.01. The van der Waals surface area contributed by atoms with Gasteiger partial charge in [0, 0.05) is 12.6 Å². The molecule has 0 saturated carbocycles. The first-order valence-corrected chi connectivity index (χ1v) is 5.57. The van der Waals surface area contributed by atoms with Gasteiger partial charge in [0.25, 0.3) is 0 Å². The van der Waals surface area contributed by atoms with Crippen molar-refractivity contribution in [3.63, 3.8) is 0 Å². The second kappa shape index (κ2) is 4.96. The van der Waals surface area contributed by atoms with Crippen LogP contribution in [0.5, 0.6) is 0 Å². The molecule has 0 radical (unpaired) electrons. The lowest BCUT2D eigenvalue weighted by Gasteiger charge is -2.34. The number of hydrazine groups is 1. The predicted octanol–water partition coefficient (Wildman–Crippen LogP) is -0.394. The lowest BCUT2D eigenvalue weighted by molar-refractivity contribution is -0.119. The van der Waals surface area contributed by atoms with E-state index in [1.165, 1.54) is 6.33 Å². The first kappa shape index (κ1) is 11.6. The number of nitrogens with two attached hydrogens (primary N) is 2. The first-order chi connectivity index (χ1) is 8.22. The van der Waals surface area contributed by atoms with Gasteiger partial charge in [-0.2, -0.15) is 0 Å². The molecule has 2 rings (SSSR count). The fourth-order valence-electron chi connectivity index (χ4n) is 2.08. The summed E-state index contributed by atoms with van der Waals surface area (Å²) in [7, 11) is 0. The Kier molecular flexibility index (Phi) is 3.38. The molecule has 0 aromatic carbocycles. The molecule has 7 nitrogen and oxygen atoms in total. The lowest BCUT2D eigenvalue weighted by atomic mass is 10.0. The fraction of sp³-hybridized carbons (Fsp3) is 0.500. The summed E-state index contributed by atoms with van der Waals surface area (Å²) in [5.41, 5.74) is 7.86. The number of carbonyl (C=O) groups is 1. The van der Waals surface area contributed by atoms with E-state index in [4.69, 9.17) is 11.6 Å². The summed E-state index contributed by atoms with van der Waals surface area (Å²) < 4.78 is 0. The van der Waals surface area contributed by atoms with Gasteiger partial charge in [-0.3, -0.25) is 4.79 Å². The number of piperidine rings is 1. The summed E-state index contributed by atoms with van der Waals surface area (Å²) in [6.07, 6.45) is 4.22. The third-order valence-electron chi connectivity index (χ3n) is 2.93. The van der Waals surface area contributed by atoms with Crippen molar-refractivity contribution in [3.05, 3.63) is 12.4 Å². The Morgan fingerprint density at radius 1 is 1.47 bits per heavy atom. The Bertz CT molecular complexity index is 410. The van der Waals surface area contributed by atoms with Crippen LogP contribution in [0.4, 0.5) is 11.6 Å². The summed E-state index contributed by atoms with van der Waals surface area (Å²) in [5, 5.41) is 0. The molecule has 1 amide bonds. The van der Waals surface area contributed by atoms with Gasteiger partial charge < -0.3 is 16.1 Å². The highest BCUT2D eigenvalue weighted by Gasteiger charge is 2.27. The van der Waals surface area contributed by atoms with E-state index in [1.807, 2.05) is 4.90 Å². The van der Waals surface area contributed by atoms with Gasteiger partial charge in [-0.1, -0.05) is 0 Å². The first-order valence-electron chi connectivity index (χ1n) is 5.57. The van der Waals surface area contributed by atoms with E-state index in [2.05, 4.69) is 15.4 Å². The van der Waals surface area contributed by atoms with Gasteiger partial charge in [-0.05, 0) is 19.3 Å². The lowest BCUT2D eigenvalue weighted by Crippen LogP contribution is -2.48. The predicted molar refractivity (Wildman–Crippen MR) is 64.0 cm³/mol. The van der Waals surface area contributed by atoms with Crippen molar-refractivity contribution in [1.29, 1.82) is 0 Å². The monoisotopic (exact) mass is 236 g/mol. The number of nitrogens with one attached hydrogen (secondary N) is 1. The molecule has 92 valence electrons. The van der Waals surface area contributed by atoms with Crippen LogP contribution < -0.4 is 21.9 Å². The molecule has 2 heterocycles. The van der Waals surface area contributed by atoms with E-state index in [-0.39, 0.29) is 11.9 Å². The quantitative estimate of drug-likeness (QED) is 0.487. The van der Waals surface area contributed by atoms with E-state index in [0.29, 0.717) is 11.6 Å². The van der Waals surface area contributed by atoms with Gasteiger partial charge >= 0.3 is 0 Å². The van der Waals surface area contributed by atoms with Crippen molar-refractivity contribution in [1.82, 2.24) is 9.97 Å². The zero-order chi connectivity index (χ0) is 12.3. The van der Waals surface area contributed by atoms with Crippen LogP contribution in [0, 0.1) is 0 Å². The maximum absolute atomic E-state index is 11.4. The maximum atomic E-state index is 11.4. The highest BCUT2D eigenvalue weighted by atomic mass is 16.1. The van der Waals surface area contributed by atoms with Crippen molar-refractivity contribution in [2.24, 2.45) is 11.6 Å². The summed E-state index contributed by atoms with van der Waals surface area (Å²) in [4.78, 5) is 21.4. The van der Waals surface area contributed by atoms with Crippen LogP contribution in [0.25, 0.3) is 0 Å². The summed E-state index contributed by atoms with van der Waals surface area (Å²) in [5.74, 6) is 6.17. The van der Waals surface area contributed by atoms with Crippen LogP contribution in [-0.4, -0.2) is 28.5 Å². The molecule has 1 aromatic heterocycles. The average molecular weight is 236 g/mol. The topological polar surface area (TPSA) is 110 Å². The molecule has 0 bridgehead atoms. The van der Waals surface area contributed by atoms with Crippen LogP contribution in [0.1, 0.15) is 19.3 Å². The van der Waals surface area contributed by atoms with Crippen molar-refractivity contribution < 1.29 is 4.79 Å². The Morgan fingerprint density at radius 2 is 2.29 bits per heavy atom. The minimum absolute atomic E-state index is 0.288. The summed E-state index contributed by atoms with van der Waals surface area (Å²) >= 11 is 0. The van der Waals surface area contributed by atoms with E-state index >= 15 is 0 Å². The smallest absolute Gasteiger partial charge is 0.240 e. The molecular weight excluding hydrogens is 220 g/mol. The molecule has 1 aromatic rings. The van der Waals surface area contributed by atoms with Crippen LogP contribution in [0.15, 0.2) is 12.4 Å². The number of amides is 1. The normalized spacial score (nSPS) is 20.1. The van der Waals surface area contributed by atoms with Gasteiger partial charge in [0.1, 0.15) is 24.0 Å². The van der Waals surface area contributed by atoms with Gasteiger partial charge in [-0.15, -0.1) is 0 Å². The SMILES string of the molecule is NNc1cc(N2CCCCC2C(N)=O)ncn1. The van der Waals surface area contributed by atoms with Gasteiger partial charge in [0.2, 0.25) is 5.91 Å². The van der Waals surface area contributed by atoms with E-state index in [0.717, 1.165) is 25.8 Å². The van der Waals surface area contributed by atoms with E-state index in [9.17, 15) is 4.79 Å². The zero-order valence-corrected chi connectivity index (χ0v) is 9.47. The average Bonchev–Trinajstić information content (AvgIpc) is 2.39. The number of aromatic nitrogens is 2.